The van der Waals surface area contributed by atoms with Crippen molar-refractivity contribution in [3.63, 3.8) is 0 Å². The summed E-state index contributed by atoms with van der Waals surface area (Å²) in [7, 11) is -4.62. The van der Waals surface area contributed by atoms with Gasteiger partial charge in [0.25, 0.3) is 5.79 Å². The van der Waals surface area contributed by atoms with E-state index in [-0.39, 0.29) is 0 Å². The van der Waals surface area contributed by atoms with E-state index in [1.807, 2.05) is 0 Å². The Labute approximate surface area is 133 Å². The Morgan fingerprint density at radius 2 is 1.96 bits per heavy atom. The van der Waals surface area contributed by atoms with Crippen LogP contribution in [-0.2, 0) is 39.5 Å². The van der Waals surface area contributed by atoms with Crippen LogP contribution in [0.15, 0.2) is 0 Å². The van der Waals surface area contributed by atoms with Gasteiger partial charge in [-0.05, 0) is 12.8 Å². The molecule has 1 heterocycles. The summed E-state index contributed by atoms with van der Waals surface area (Å²) >= 11 is -2.75. The summed E-state index contributed by atoms with van der Waals surface area (Å²) in [6.07, 6.45) is -7.05. The molecule has 0 aromatic carbocycles. The van der Waals surface area contributed by atoms with Gasteiger partial charge < -0.3 is 24.8 Å². The van der Waals surface area contributed by atoms with Gasteiger partial charge in [0, 0.05) is 0 Å². The van der Waals surface area contributed by atoms with Gasteiger partial charge in [-0.1, -0.05) is 0 Å². The van der Waals surface area contributed by atoms with E-state index in [1.165, 1.54) is 0 Å². The number of hydrogen-bond donors (Lipinski definition) is 5. The van der Waals surface area contributed by atoms with Crippen molar-refractivity contribution in [3.8, 4) is 0 Å². The van der Waals surface area contributed by atoms with E-state index in [4.69, 9.17) is 14.0 Å². The molecule has 2 aliphatic rings. The first-order valence-electron chi connectivity index (χ1n) is 6.40. The SMILES string of the molecule is NS(=O)(=O)OC(O)[C@@]1(OC2CC2)OC[C@@H](OS(=O)O)[C@@H](O)[C@@H]1O. The molecule has 0 radical (unpaired) electrons. The monoisotopic (exact) mass is 379 g/mol. The minimum Gasteiger partial charge on any atom is -0.387 e. The minimum absolute atomic E-state index is 0.458. The normalized spacial score (nSPS) is 38.2. The summed E-state index contributed by atoms with van der Waals surface area (Å²) in [6, 6.07) is 0. The molecular formula is C9H17NO11S2. The van der Waals surface area contributed by atoms with E-state index in [0.717, 1.165) is 0 Å². The first kappa shape index (κ1) is 19.1. The number of nitrogens with two attached hydrogens (primary N) is 1. The fraction of sp³-hybridized carbons (Fsp3) is 1.00. The standard InChI is InChI=1S/C9H17NO11S2/c10-23(16,17)21-8(13)9(19-4-1-2-4)7(12)6(11)5(3-18-9)20-22(14)15/h4-8,11-13H,1-3H2,(H,14,15)(H2,10,16,17)/t5-,6-,7+,8?,9-/m1/s1. The molecule has 2 rings (SSSR count). The van der Waals surface area contributed by atoms with E-state index in [1.54, 1.807) is 0 Å². The summed E-state index contributed by atoms with van der Waals surface area (Å²) in [6.45, 7) is -0.595. The van der Waals surface area contributed by atoms with Crippen molar-refractivity contribution in [1.29, 1.82) is 0 Å². The Bertz CT molecular complexity index is 552. The third-order valence-electron chi connectivity index (χ3n) is 3.24. The van der Waals surface area contributed by atoms with Gasteiger partial charge in [-0.25, -0.2) is 9.32 Å². The van der Waals surface area contributed by atoms with Crippen LogP contribution in [0.4, 0.5) is 0 Å². The lowest BCUT2D eigenvalue weighted by Crippen LogP contribution is -2.68. The fourth-order valence-electron chi connectivity index (χ4n) is 2.05. The summed E-state index contributed by atoms with van der Waals surface area (Å²) in [4.78, 5) is 0. The van der Waals surface area contributed by atoms with Crippen LogP contribution in [0.2, 0.25) is 0 Å². The van der Waals surface area contributed by atoms with Crippen LogP contribution in [0.1, 0.15) is 12.8 Å². The quantitative estimate of drug-likeness (QED) is 0.219. The summed E-state index contributed by atoms with van der Waals surface area (Å²) in [5, 5.41) is 34.8. The molecule has 23 heavy (non-hydrogen) atoms. The van der Waals surface area contributed by atoms with Crippen molar-refractivity contribution >= 4 is 21.7 Å². The second-order valence-corrected chi connectivity index (χ2v) is 6.88. The average Bonchev–Trinajstić information content (AvgIpc) is 3.20. The lowest BCUT2D eigenvalue weighted by atomic mass is 9.96. The first-order valence-corrected chi connectivity index (χ1v) is 8.90. The van der Waals surface area contributed by atoms with E-state index >= 15 is 0 Å². The molecule has 136 valence electrons. The Morgan fingerprint density at radius 3 is 2.43 bits per heavy atom. The second kappa shape index (κ2) is 6.93. The van der Waals surface area contributed by atoms with E-state index in [0.29, 0.717) is 12.8 Å². The van der Waals surface area contributed by atoms with Crippen LogP contribution in [0.25, 0.3) is 0 Å². The minimum atomic E-state index is -4.62. The molecule has 14 heteroatoms. The Morgan fingerprint density at radius 1 is 1.35 bits per heavy atom. The third kappa shape index (κ3) is 4.64. The number of rotatable bonds is 7. The Balaban J connectivity index is 2.22. The fourth-order valence-corrected chi connectivity index (χ4v) is 2.82. The van der Waals surface area contributed by atoms with E-state index in [9.17, 15) is 27.9 Å². The predicted molar refractivity (Wildman–Crippen MR) is 70.6 cm³/mol. The van der Waals surface area contributed by atoms with Crippen molar-refractivity contribution in [2.75, 3.05) is 6.61 Å². The van der Waals surface area contributed by atoms with Gasteiger partial charge in [-0.2, -0.15) is 12.6 Å². The molecule has 6 atom stereocenters. The topological polar surface area (TPSA) is 195 Å². The highest BCUT2D eigenvalue weighted by molar-refractivity contribution is 7.84. The number of aliphatic hydroxyl groups is 3. The zero-order chi connectivity index (χ0) is 17.4. The average molecular weight is 379 g/mol. The molecule has 2 fully saturated rings. The molecule has 1 saturated heterocycles. The molecule has 1 aliphatic heterocycles. The third-order valence-corrected chi connectivity index (χ3v) is 4.10. The van der Waals surface area contributed by atoms with Crippen LogP contribution in [-0.4, -0.2) is 75.6 Å². The van der Waals surface area contributed by atoms with Crippen LogP contribution < -0.4 is 5.14 Å². The second-order valence-electron chi connectivity index (χ2n) is 5.08. The smallest absolute Gasteiger partial charge is 0.335 e. The highest BCUT2D eigenvalue weighted by Crippen LogP contribution is 2.38. The van der Waals surface area contributed by atoms with Crippen molar-refractivity contribution < 1.29 is 50.3 Å². The van der Waals surface area contributed by atoms with Crippen molar-refractivity contribution in [2.45, 2.75) is 49.3 Å². The number of hydrogen-bond acceptors (Lipinski definition) is 10. The Hall–Kier alpha value is -0.260. The van der Waals surface area contributed by atoms with Crippen molar-refractivity contribution in [1.82, 2.24) is 0 Å². The van der Waals surface area contributed by atoms with Gasteiger partial charge in [-0.3, -0.25) is 8.74 Å². The lowest BCUT2D eigenvalue weighted by molar-refractivity contribution is -0.394. The van der Waals surface area contributed by atoms with Crippen LogP contribution in [0, 0.1) is 0 Å². The molecule has 0 amide bonds. The van der Waals surface area contributed by atoms with Gasteiger partial charge in [0.15, 0.2) is 0 Å². The molecule has 0 aromatic rings. The van der Waals surface area contributed by atoms with Gasteiger partial charge in [0.05, 0.1) is 12.7 Å². The number of ether oxygens (including phenoxy) is 2. The molecular weight excluding hydrogens is 362 g/mol. The molecule has 0 bridgehead atoms. The van der Waals surface area contributed by atoms with Gasteiger partial charge in [-0.15, -0.1) is 0 Å². The molecule has 12 nitrogen and oxygen atoms in total. The van der Waals surface area contributed by atoms with Crippen LogP contribution in [0.3, 0.4) is 0 Å². The maximum Gasteiger partial charge on any atom is 0.335 e. The molecule has 0 spiro atoms. The summed E-state index contributed by atoms with van der Waals surface area (Å²) in [5.74, 6) is -2.45. The van der Waals surface area contributed by atoms with Crippen LogP contribution >= 0.6 is 0 Å². The van der Waals surface area contributed by atoms with Crippen LogP contribution in [0.5, 0.6) is 0 Å². The Kier molecular flexibility index (Phi) is 5.74. The maximum absolute atomic E-state index is 11.0. The molecule has 1 aliphatic carbocycles. The lowest BCUT2D eigenvalue weighted by Gasteiger charge is -2.46. The molecule has 6 N–H and O–H groups in total. The highest BCUT2D eigenvalue weighted by atomic mass is 32.2. The van der Waals surface area contributed by atoms with Gasteiger partial charge >= 0.3 is 21.7 Å². The zero-order valence-corrected chi connectivity index (χ0v) is 13.2. The van der Waals surface area contributed by atoms with Crippen molar-refractivity contribution in [3.05, 3.63) is 0 Å². The first-order chi connectivity index (χ1) is 10.5. The van der Waals surface area contributed by atoms with E-state index < -0.39 is 64.8 Å². The maximum atomic E-state index is 11.0. The largest absolute Gasteiger partial charge is 0.387 e. The van der Waals surface area contributed by atoms with E-state index in [2.05, 4.69) is 13.5 Å². The summed E-state index contributed by atoms with van der Waals surface area (Å²) < 4.78 is 60.3. The number of aliphatic hydroxyl groups excluding tert-OH is 3. The summed E-state index contributed by atoms with van der Waals surface area (Å²) in [5.41, 5.74) is 0. The molecule has 1 saturated carbocycles. The van der Waals surface area contributed by atoms with Crippen molar-refractivity contribution in [2.24, 2.45) is 5.14 Å². The van der Waals surface area contributed by atoms with Gasteiger partial charge in [0.2, 0.25) is 6.29 Å². The predicted octanol–water partition coefficient (Wildman–Crippen LogP) is -3.33. The molecule has 2 unspecified atom stereocenters. The molecule has 0 aromatic heterocycles. The van der Waals surface area contributed by atoms with Gasteiger partial charge in [0.1, 0.15) is 18.3 Å². The zero-order valence-electron chi connectivity index (χ0n) is 11.5. The highest BCUT2D eigenvalue weighted by Gasteiger charge is 2.59.